The third-order valence-electron chi connectivity index (χ3n) is 4.94. The van der Waals surface area contributed by atoms with Crippen molar-refractivity contribution in [3.05, 3.63) is 83.2 Å². The lowest BCUT2D eigenvalue weighted by Crippen LogP contribution is -2.34. The van der Waals surface area contributed by atoms with Gasteiger partial charge in [-0.3, -0.25) is 14.4 Å². The van der Waals surface area contributed by atoms with Crippen LogP contribution in [0.5, 0.6) is 5.75 Å². The quantitative estimate of drug-likeness (QED) is 0.550. The van der Waals surface area contributed by atoms with Crippen molar-refractivity contribution in [1.82, 2.24) is 9.88 Å². The number of aryl methyl sites for hydroxylation is 1. The van der Waals surface area contributed by atoms with Gasteiger partial charge in [0, 0.05) is 18.3 Å². The number of carbonyl (C=O) groups excluding carboxylic acids is 3. The number of benzene rings is 2. The van der Waals surface area contributed by atoms with Crippen molar-refractivity contribution in [2.24, 2.45) is 7.05 Å². The number of methoxy groups -OCH3 is 1. The summed E-state index contributed by atoms with van der Waals surface area (Å²) in [6.45, 7) is 1.79. The van der Waals surface area contributed by atoms with Gasteiger partial charge in [0.1, 0.15) is 5.75 Å². The van der Waals surface area contributed by atoms with E-state index >= 15 is 0 Å². The second-order valence-electron chi connectivity index (χ2n) is 7.17. The van der Waals surface area contributed by atoms with Gasteiger partial charge in [-0.25, -0.2) is 0 Å². The Labute approximate surface area is 181 Å². The highest BCUT2D eigenvalue weighted by Gasteiger charge is 2.16. The first kappa shape index (κ1) is 21.8. The highest BCUT2D eigenvalue weighted by atomic mass is 16.5. The minimum atomic E-state index is -0.361. The summed E-state index contributed by atoms with van der Waals surface area (Å²) in [6.07, 6.45) is 0.0552. The lowest BCUT2D eigenvalue weighted by molar-refractivity contribution is -0.123. The van der Waals surface area contributed by atoms with Crippen molar-refractivity contribution in [2.45, 2.75) is 13.3 Å². The van der Waals surface area contributed by atoms with Gasteiger partial charge in [-0.1, -0.05) is 42.0 Å². The number of hydrogen-bond donors (Lipinski definition) is 2. The fourth-order valence-corrected chi connectivity index (χ4v) is 3.16. The lowest BCUT2D eigenvalue weighted by atomic mass is 10.1. The summed E-state index contributed by atoms with van der Waals surface area (Å²) >= 11 is 0. The van der Waals surface area contributed by atoms with Crippen LogP contribution in [0.4, 0.5) is 5.69 Å². The molecule has 3 aromatic rings. The molecule has 7 heteroatoms. The molecule has 0 saturated heterocycles. The Hall–Kier alpha value is -3.87. The predicted octanol–water partition coefficient (Wildman–Crippen LogP) is 2.87. The number of para-hydroxylation sites is 2. The van der Waals surface area contributed by atoms with Crippen molar-refractivity contribution < 1.29 is 19.1 Å². The molecule has 31 heavy (non-hydrogen) atoms. The highest BCUT2D eigenvalue weighted by Crippen LogP contribution is 2.22. The number of rotatable bonds is 8. The van der Waals surface area contributed by atoms with Gasteiger partial charge in [-0.15, -0.1) is 0 Å². The largest absolute Gasteiger partial charge is 0.495 e. The van der Waals surface area contributed by atoms with E-state index in [1.807, 2.05) is 19.1 Å². The van der Waals surface area contributed by atoms with Crippen LogP contribution in [0.15, 0.2) is 60.7 Å². The summed E-state index contributed by atoms with van der Waals surface area (Å²) in [6, 6.07) is 17.8. The van der Waals surface area contributed by atoms with Gasteiger partial charge in [0.25, 0.3) is 0 Å². The topological polar surface area (TPSA) is 89.4 Å². The first-order chi connectivity index (χ1) is 14.9. The van der Waals surface area contributed by atoms with Crippen LogP contribution < -0.4 is 15.4 Å². The van der Waals surface area contributed by atoms with E-state index in [4.69, 9.17) is 4.74 Å². The molecule has 2 amide bonds. The molecule has 2 aromatic carbocycles. The average Bonchev–Trinajstić information content (AvgIpc) is 3.12. The molecule has 0 aliphatic carbocycles. The van der Waals surface area contributed by atoms with Gasteiger partial charge in [0.15, 0.2) is 0 Å². The number of hydrogen-bond acceptors (Lipinski definition) is 4. The van der Waals surface area contributed by atoms with Crippen LogP contribution >= 0.6 is 0 Å². The van der Waals surface area contributed by atoms with Gasteiger partial charge in [-0.05, 0) is 31.2 Å². The maximum Gasteiger partial charge on any atom is 0.243 e. The number of carbonyl (C=O) groups is 3. The van der Waals surface area contributed by atoms with Crippen LogP contribution in [-0.4, -0.2) is 35.8 Å². The summed E-state index contributed by atoms with van der Waals surface area (Å²) in [7, 11) is 3.27. The molecule has 0 fully saturated rings. The van der Waals surface area contributed by atoms with E-state index in [1.54, 1.807) is 60.1 Å². The first-order valence-electron chi connectivity index (χ1n) is 9.84. The molecule has 1 heterocycles. The highest BCUT2D eigenvalue weighted by molar-refractivity contribution is 6.08. The van der Waals surface area contributed by atoms with Gasteiger partial charge in [0.2, 0.25) is 17.6 Å². The summed E-state index contributed by atoms with van der Waals surface area (Å²) in [5, 5.41) is 5.31. The molecule has 0 radical (unpaired) electrons. The zero-order valence-corrected chi connectivity index (χ0v) is 17.8. The Morgan fingerprint density at radius 1 is 0.935 bits per heavy atom. The van der Waals surface area contributed by atoms with Crippen LogP contribution in [0.3, 0.4) is 0 Å². The second kappa shape index (κ2) is 9.75. The van der Waals surface area contributed by atoms with Crippen LogP contribution in [0, 0.1) is 6.92 Å². The summed E-state index contributed by atoms with van der Waals surface area (Å²) in [4.78, 5) is 37.2. The number of nitrogens with one attached hydrogen (secondary N) is 2. The SMILES string of the molecule is COc1ccccc1NC(=O)CNC(=O)Cc1ccc(C(=O)c2ccc(C)cc2)n1C. The van der Waals surface area contributed by atoms with E-state index in [1.165, 1.54) is 7.11 Å². The van der Waals surface area contributed by atoms with Crippen molar-refractivity contribution in [3.63, 3.8) is 0 Å². The normalized spacial score (nSPS) is 10.4. The zero-order chi connectivity index (χ0) is 22.4. The Bertz CT molecular complexity index is 1100. The van der Waals surface area contributed by atoms with Crippen LogP contribution in [-0.2, 0) is 23.1 Å². The Balaban J connectivity index is 1.57. The van der Waals surface area contributed by atoms with Crippen LogP contribution in [0.25, 0.3) is 0 Å². The zero-order valence-electron chi connectivity index (χ0n) is 17.8. The molecule has 0 atom stereocenters. The molecule has 1 aromatic heterocycles. The molecule has 7 nitrogen and oxygen atoms in total. The van der Waals surface area contributed by atoms with Crippen molar-refractivity contribution in [2.75, 3.05) is 19.0 Å². The molecule has 0 aliphatic heterocycles. The Kier molecular flexibility index (Phi) is 6.87. The molecule has 0 unspecified atom stereocenters. The number of ether oxygens (including phenoxy) is 1. The number of nitrogens with zero attached hydrogens (tertiary/aromatic N) is 1. The Morgan fingerprint density at radius 3 is 2.35 bits per heavy atom. The van der Waals surface area contributed by atoms with E-state index in [0.717, 1.165) is 5.56 Å². The molecule has 160 valence electrons. The molecule has 3 rings (SSSR count). The minimum absolute atomic E-state index is 0.0552. The predicted molar refractivity (Wildman–Crippen MR) is 118 cm³/mol. The van der Waals surface area contributed by atoms with Gasteiger partial charge >= 0.3 is 0 Å². The number of anilines is 1. The van der Waals surface area contributed by atoms with E-state index < -0.39 is 0 Å². The number of amides is 2. The van der Waals surface area contributed by atoms with E-state index in [-0.39, 0.29) is 30.6 Å². The van der Waals surface area contributed by atoms with Crippen molar-refractivity contribution in [3.8, 4) is 5.75 Å². The van der Waals surface area contributed by atoms with E-state index in [9.17, 15) is 14.4 Å². The molecule has 2 N–H and O–H groups in total. The third kappa shape index (κ3) is 5.39. The fraction of sp³-hybridized carbons (Fsp3) is 0.208. The van der Waals surface area contributed by atoms with Gasteiger partial charge < -0.3 is 19.9 Å². The number of ketones is 1. The molecular formula is C24H25N3O4. The van der Waals surface area contributed by atoms with E-state index in [2.05, 4.69) is 10.6 Å². The van der Waals surface area contributed by atoms with Gasteiger partial charge in [0.05, 0.1) is 31.5 Å². The monoisotopic (exact) mass is 419 g/mol. The maximum atomic E-state index is 12.7. The standard InChI is InChI=1S/C24H25N3O4/c1-16-8-10-17(11-9-16)24(30)20-13-12-18(27(20)2)14-22(28)25-15-23(29)26-19-6-4-5-7-21(19)31-3/h4-13H,14-15H2,1-3H3,(H,25,28)(H,26,29). The third-order valence-corrected chi connectivity index (χ3v) is 4.94. The van der Waals surface area contributed by atoms with Crippen molar-refractivity contribution >= 4 is 23.3 Å². The first-order valence-corrected chi connectivity index (χ1v) is 9.84. The minimum Gasteiger partial charge on any atom is -0.495 e. The lowest BCUT2D eigenvalue weighted by Gasteiger charge is -2.11. The van der Waals surface area contributed by atoms with Crippen LogP contribution in [0.2, 0.25) is 0 Å². The average molecular weight is 419 g/mol. The molecule has 0 bridgehead atoms. The summed E-state index contributed by atoms with van der Waals surface area (Å²) < 4.78 is 6.90. The van der Waals surface area contributed by atoms with Crippen LogP contribution in [0.1, 0.15) is 27.3 Å². The number of aromatic nitrogens is 1. The fourth-order valence-electron chi connectivity index (χ4n) is 3.16. The van der Waals surface area contributed by atoms with E-state index in [0.29, 0.717) is 28.4 Å². The molecular weight excluding hydrogens is 394 g/mol. The van der Waals surface area contributed by atoms with Crippen molar-refractivity contribution in [1.29, 1.82) is 0 Å². The summed E-state index contributed by atoms with van der Waals surface area (Å²) in [5.41, 5.74) is 3.39. The molecule has 0 aliphatic rings. The smallest absolute Gasteiger partial charge is 0.243 e. The maximum absolute atomic E-state index is 12.7. The Morgan fingerprint density at radius 2 is 1.65 bits per heavy atom. The molecule has 0 saturated carbocycles. The second-order valence-corrected chi connectivity index (χ2v) is 7.17. The summed E-state index contributed by atoms with van der Waals surface area (Å²) in [5.74, 6) is -0.243. The van der Waals surface area contributed by atoms with Gasteiger partial charge in [-0.2, -0.15) is 0 Å². The molecule has 0 spiro atoms.